The van der Waals surface area contributed by atoms with Crippen molar-refractivity contribution in [1.29, 1.82) is 0 Å². The van der Waals surface area contributed by atoms with Crippen LogP contribution in [0.15, 0.2) is 49.1 Å². The molecule has 1 aliphatic heterocycles. The summed E-state index contributed by atoms with van der Waals surface area (Å²) in [4.78, 5) is 50.6. The van der Waals surface area contributed by atoms with Crippen LogP contribution in [0.4, 0.5) is 0 Å². The van der Waals surface area contributed by atoms with E-state index in [1.54, 1.807) is 6.08 Å². The van der Waals surface area contributed by atoms with Gasteiger partial charge in [-0.3, -0.25) is 19.2 Å². The van der Waals surface area contributed by atoms with Gasteiger partial charge in [-0.1, -0.05) is 57.3 Å². The van der Waals surface area contributed by atoms with Crippen molar-refractivity contribution in [3.63, 3.8) is 0 Å². The lowest BCUT2D eigenvalue weighted by molar-refractivity contribution is -0.286. The Balaban J connectivity index is 1.72. The predicted octanol–water partition coefficient (Wildman–Crippen LogP) is 5.86. The lowest BCUT2D eigenvalue weighted by Gasteiger charge is -2.70. The third-order valence-electron chi connectivity index (χ3n) is 12.5. The van der Waals surface area contributed by atoms with Gasteiger partial charge >= 0.3 is 23.9 Å². The number of carbonyl (C=O) groups excluding carboxylic acids is 4. The molecule has 0 radical (unpaired) electrons. The molecule has 0 spiro atoms. The second-order valence-corrected chi connectivity index (χ2v) is 15.3. The number of hydrogen-bond donors (Lipinski definition) is 1. The average molecular weight is 693 g/mol. The highest BCUT2D eigenvalue weighted by Gasteiger charge is 2.76. The van der Waals surface area contributed by atoms with Crippen molar-refractivity contribution < 1.29 is 48.0 Å². The van der Waals surface area contributed by atoms with Crippen LogP contribution in [0.1, 0.15) is 85.3 Å². The molecule has 10 atom stereocenters. The standard InChI is InChI=1S/C40H52O10/c1-10-29-13-11-12-14-30(29)23(2)20-40(45)24(3)19-33(48-26(5)42)38(9)31(40)15-16-37(8)32-21-46-22-39(32,17-18-47-25(4)41)36(50-28(7)44)34(35(37)38)49-27(6)43/h10-14,19,31-36,45H,1-2,15-18,20-22H2,3-9H3/t31-,32+,33-,34+,35?,36+,37+,38-,39+,40-/m1/s1. The summed E-state index contributed by atoms with van der Waals surface area (Å²) in [6, 6.07) is 7.76. The van der Waals surface area contributed by atoms with Gasteiger partial charge in [0.05, 0.1) is 25.4 Å². The number of benzene rings is 1. The summed E-state index contributed by atoms with van der Waals surface area (Å²) < 4.78 is 30.3. The molecule has 5 rings (SSSR count). The van der Waals surface area contributed by atoms with Gasteiger partial charge in [0.2, 0.25) is 0 Å². The zero-order chi connectivity index (χ0) is 36.8. The molecule has 10 heteroatoms. The summed E-state index contributed by atoms with van der Waals surface area (Å²) in [5.41, 5.74) is -0.786. The lowest BCUT2D eigenvalue weighted by atomic mass is 9.36. The van der Waals surface area contributed by atoms with Crippen LogP contribution in [0.5, 0.6) is 0 Å². The highest BCUT2D eigenvalue weighted by molar-refractivity contribution is 5.74. The summed E-state index contributed by atoms with van der Waals surface area (Å²) in [6.45, 7) is 20.3. The first-order valence-electron chi connectivity index (χ1n) is 17.5. The summed E-state index contributed by atoms with van der Waals surface area (Å²) in [6.07, 6.45) is 2.45. The van der Waals surface area contributed by atoms with Crippen LogP contribution in [0.2, 0.25) is 0 Å². The van der Waals surface area contributed by atoms with Gasteiger partial charge in [0.1, 0.15) is 18.3 Å². The number of carbonyl (C=O) groups is 4. The summed E-state index contributed by atoms with van der Waals surface area (Å²) >= 11 is 0. The van der Waals surface area contributed by atoms with E-state index < -0.39 is 75.9 Å². The van der Waals surface area contributed by atoms with Crippen molar-refractivity contribution in [2.75, 3.05) is 19.8 Å². The molecule has 3 fully saturated rings. The minimum absolute atomic E-state index is 0.0619. The van der Waals surface area contributed by atoms with Gasteiger partial charge in [0.25, 0.3) is 0 Å². The van der Waals surface area contributed by atoms with E-state index in [9.17, 15) is 24.3 Å². The Hall–Kier alpha value is -3.76. The quantitative estimate of drug-likeness (QED) is 0.181. The van der Waals surface area contributed by atoms with E-state index in [1.165, 1.54) is 27.7 Å². The maximum atomic E-state index is 13.1. The number of aliphatic hydroxyl groups is 1. The van der Waals surface area contributed by atoms with Crippen LogP contribution < -0.4 is 0 Å². The highest BCUT2D eigenvalue weighted by Crippen LogP contribution is 2.72. The molecule has 1 N–H and O–H groups in total. The lowest BCUT2D eigenvalue weighted by Crippen LogP contribution is -2.74. The third kappa shape index (κ3) is 6.12. The predicted molar refractivity (Wildman–Crippen MR) is 186 cm³/mol. The van der Waals surface area contributed by atoms with Gasteiger partial charge < -0.3 is 28.8 Å². The highest BCUT2D eigenvalue weighted by atomic mass is 16.6. The third-order valence-corrected chi connectivity index (χ3v) is 12.5. The molecule has 0 aromatic heterocycles. The number of ether oxygens (including phenoxy) is 5. The Labute approximate surface area is 295 Å². The Bertz CT molecular complexity index is 1600. The number of fused-ring (bicyclic) bond motifs is 5. The molecule has 2 saturated carbocycles. The molecule has 0 bridgehead atoms. The Kier molecular flexibility index (Phi) is 10.3. The van der Waals surface area contributed by atoms with E-state index in [0.29, 0.717) is 31.4 Å². The molecule has 1 aromatic carbocycles. The maximum absolute atomic E-state index is 13.1. The molecule has 3 aliphatic carbocycles. The molecule has 10 nitrogen and oxygen atoms in total. The summed E-state index contributed by atoms with van der Waals surface area (Å²) in [5, 5.41) is 13.0. The van der Waals surface area contributed by atoms with E-state index in [4.69, 9.17) is 23.7 Å². The van der Waals surface area contributed by atoms with E-state index in [-0.39, 0.29) is 25.6 Å². The molecule has 1 unspecified atom stereocenters. The topological polar surface area (TPSA) is 135 Å². The van der Waals surface area contributed by atoms with Crippen molar-refractivity contribution in [1.82, 2.24) is 0 Å². The van der Waals surface area contributed by atoms with Crippen molar-refractivity contribution in [2.24, 2.45) is 34.0 Å². The fourth-order valence-corrected chi connectivity index (χ4v) is 10.7. The van der Waals surface area contributed by atoms with E-state index in [0.717, 1.165) is 16.7 Å². The molecule has 4 aliphatic rings. The SMILES string of the molecule is C=Cc1ccccc1C(=C)C[C@@]1(O)C(C)=C[C@@H](OC(C)=O)[C@]2(C)C3[C@H](OC(C)=O)[C@H](OC(C)=O)[C@@]4(CCOC(C)=O)COC[C@H]4[C@]3(C)CC[C@H]21. The summed E-state index contributed by atoms with van der Waals surface area (Å²) in [5.74, 6) is -3.35. The molecule has 272 valence electrons. The number of hydrogen-bond acceptors (Lipinski definition) is 10. The fraction of sp³-hybridized carbons (Fsp3) is 0.600. The normalized spacial score (nSPS) is 37.2. The van der Waals surface area contributed by atoms with E-state index in [2.05, 4.69) is 20.1 Å². The molecular weight excluding hydrogens is 640 g/mol. The first kappa shape index (κ1) is 37.5. The van der Waals surface area contributed by atoms with Crippen LogP contribution in [0, 0.1) is 34.0 Å². The zero-order valence-corrected chi connectivity index (χ0v) is 30.4. The second kappa shape index (κ2) is 13.8. The minimum Gasteiger partial charge on any atom is -0.466 e. The van der Waals surface area contributed by atoms with Gasteiger partial charge in [-0.15, -0.1) is 0 Å². The van der Waals surface area contributed by atoms with Crippen LogP contribution >= 0.6 is 0 Å². The Morgan fingerprint density at radius 1 is 0.980 bits per heavy atom. The van der Waals surface area contributed by atoms with Crippen molar-refractivity contribution in [3.05, 3.63) is 60.2 Å². The summed E-state index contributed by atoms with van der Waals surface area (Å²) in [7, 11) is 0. The van der Waals surface area contributed by atoms with Crippen LogP contribution in [0.3, 0.4) is 0 Å². The molecular formula is C40H52O10. The van der Waals surface area contributed by atoms with E-state index >= 15 is 0 Å². The Morgan fingerprint density at radius 3 is 2.26 bits per heavy atom. The fourth-order valence-electron chi connectivity index (χ4n) is 10.7. The Morgan fingerprint density at radius 2 is 1.64 bits per heavy atom. The van der Waals surface area contributed by atoms with Crippen molar-refractivity contribution in [3.8, 4) is 0 Å². The van der Waals surface area contributed by atoms with Crippen LogP contribution in [0.25, 0.3) is 11.6 Å². The first-order valence-corrected chi connectivity index (χ1v) is 17.5. The average Bonchev–Trinajstić information content (AvgIpc) is 3.47. The largest absolute Gasteiger partial charge is 0.466 e. The second-order valence-electron chi connectivity index (χ2n) is 15.3. The van der Waals surface area contributed by atoms with Crippen LogP contribution in [-0.4, -0.2) is 72.7 Å². The van der Waals surface area contributed by atoms with Crippen molar-refractivity contribution in [2.45, 2.75) is 98.1 Å². The number of rotatable bonds is 10. The molecule has 1 heterocycles. The zero-order valence-electron chi connectivity index (χ0n) is 30.4. The maximum Gasteiger partial charge on any atom is 0.303 e. The molecule has 1 saturated heterocycles. The minimum atomic E-state index is -1.42. The molecule has 50 heavy (non-hydrogen) atoms. The van der Waals surface area contributed by atoms with Crippen molar-refractivity contribution >= 4 is 35.5 Å². The number of esters is 4. The van der Waals surface area contributed by atoms with Crippen LogP contribution in [-0.2, 0) is 42.9 Å². The molecule has 1 aromatic rings. The van der Waals surface area contributed by atoms with Gasteiger partial charge in [0.15, 0.2) is 0 Å². The first-order chi connectivity index (χ1) is 23.4. The van der Waals surface area contributed by atoms with E-state index in [1.807, 2.05) is 44.2 Å². The molecule has 0 amide bonds. The van der Waals surface area contributed by atoms with Gasteiger partial charge in [0, 0.05) is 56.8 Å². The smallest absolute Gasteiger partial charge is 0.303 e. The monoisotopic (exact) mass is 692 g/mol. The van der Waals surface area contributed by atoms with Gasteiger partial charge in [-0.2, -0.15) is 0 Å². The van der Waals surface area contributed by atoms with Gasteiger partial charge in [-0.05, 0) is 65.9 Å². The van der Waals surface area contributed by atoms with Gasteiger partial charge in [-0.25, -0.2) is 0 Å².